The highest BCUT2D eigenvalue weighted by atomic mass is 16.7. The molecule has 0 radical (unpaired) electrons. The Morgan fingerprint density at radius 3 is 2.68 bits per heavy atom. The predicted octanol–water partition coefficient (Wildman–Crippen LogP) is 4.30. The number of aliphatic carboxylic acids is 1. The van der Waals surface area contributed by atoms with Gasteiger partial charge in [0.05, 0.1) is 17.1 Å². The molecular weight excluding hydrogens is 430 g/mol. The molecule has 4 aliphatic carbocycles. The maximum atomic E-state index is 13.5. The Hall–Kier alpha value is -1.50. The minimum atomic E-state index is -1.32. The number of carboxylic acids is 1. The van der Waals surface area contributed by atoms with Gasteiger partial charge in [0.2, 0.25) is 0 Å². The van der Waals surface area contributed by atoms with E-state index in [-0.39, 0.29) is 23.9 Å². The fourth-order valence-electron chi connectivity index (χ4n) is 9.12. The second kappa shape index (κ2) is 8.01. The summed E-state index contributed by atoms with van der Waals surface area (Å²) in [4.78, 5) is 28.9. The first-order chi connectivity index (χ1) is 16.0. The van der Waals surface area contributed by atoms with Gasteiger partial charge in [-0.05, 0) is 56.8 Å². The van der Waals surface area contributed by atoms with Crippen molar-refractivity contribution in [3.05, 3.63) is 23.8 Å². The molecule has 0 unspecified atom stereocenters. The Morgan fingerprint density at radius 1 is 1.32 bits per heavy atom. The zero-order valence-corrected chi connectivity index (χ0v) is 21.4. The molecule has 6 heteroatoms. The van der Waals surface area contributed by atoms with Crippen molar-refractivity contribution in [1.29, 1.82) is 0 Å². The van der Waals surface area contributed by atoms with Crippen molar-refractivity contribution >= 4 is 12.3 Å². The molecule has 0 aromatic carbocycles. The van der Waals surface area contributed by atoms with Gasteiger partial charge in [0.25, 0.3) is 0 Å². The van der Waals surface area contributed by atoms with Gasteiger partial charge in [0, 0.05) is 25.6 Å². The van der Waals surface area contributed by atoms with Crippen LogP contribution in [0.25, 0.3) is 0 Å². The summed E-state index contributed by atoms with van der Waals surface area (Å²) < 4.78 is 13.3. The molecule has 1 aliphatic heterocycles. The van der Waals surface area contributed by atoms with Crippen LogP contribution in [0.4, 0.5) is 0 Å². The molecule has 5 rings (SSSR count). The maximum Gasteiger partial charge on any atom is 0.317 e. The first kappa shape index (κ1) is 24.2. The summed E-state index contributed by atoms with van der Waals surface area (Å²) in [5.74, 6) is -0.0733. The molecule has 0 spiro atoms. The molecule has 4 fully saturated rings. The largest absolute Gasteiger partial charge is 0.480 e. The summed E-state index contributed by atoms with van der Waals surface area (Å²) in [6.07, 6.45) is 5.90. The summed E-state index contributed by atoms with van der Waals surface area (Å²) in [5.41, 5.74) is -1.21. The molecule has 0 amide bonds. The molecule has 4 bridgehead atoms. The standard InChI is InChI=1S/C28H41NO5/c1-16(2)12-29-13-19(6)33-24(14-29)34-27-11-21-18(5)7-8-22(21)26(15-30)10-20(27)9-23(17(3)4)28(26,27)25(31)32/h9,15,17-22,24H,1,7-8,10-14H2,2-6H3,(H,31,32)/t18-,19-,20-,21-,22-,24+,26+,27+,28+/m1/s1. The van der Waals surface area contributed by atoms with Crippen LogP contribution in [-0.4, -0.2) is 59.9 Å². The van der Waals surface area contributed by atoms with Crippen LogP contribution in [0.3, 0.4) is 0 Å². The number of carboxylic acid groups (broad SMARTS) is 1. The highest BCUT2D eigenvalue weighted by Crippen LogP contribution is 2.80. The lowest BCUT2D eigenvalue weighted by Crippen LogP contribution is -2.67. The van der Waals surface area contributed by atoms with E-state index in [9.17, 15) is 14.7 Å². The van der Waals surface area contributed by atoms with Gasteiger partial charge < -0.3 is 19.4 Å². The van der Waals surface area contributed by atoms with Gasteiger partial charge in [0.15, 0.2) is 6.29 Å². The van der Waals surface area contributed by atoms with Crippen molar-refractivity contribution in [2.45, 2.75) is 78.3 Å². The topological polar surface area (TPSA) is 76.1 Å². The van der Waals surface area contributed by atoms with Gasteiger partial charge in [-0.15, -0.1) is 0 Å². The van der Waals surface area contributed by atoms with E-state index in [0.29, 0.717) is 31.2 Å². The third-order valence-electron chi connectivity index (χ3n) is 9.98. The zero-order valence-electron chi connectivity index (χ0n) is 21.4. The normalized spacial score (nSPS) is 47.5. The quantitative estimate of drug-likeness (QED) is 0.441. The van der Waals surface area contributed by atoms with Gasteiger partial charge in [-0.3, -0.25) is 9.69 Å². The van der Waals surface area contributed by atoms with E-state index in [2.05, 4.69) is 38.3 Å². The number of fused-ring (bicyclic) bond motifs is 2. The molecule has 3 saturated carbocycles. The molecule has 0 aromatic heterocycles. The molecule has 188 valence electrons. The average Bonchev–Trinajstić information content (AvgIpc) is 3.29. The SMILES string of the molecule is C=C(C)CN1C[C@H](O[C@@]23C[C@@H]4[C@H](C)CC[C@H]4[C@@]4(C=O)C[C@H]2C=C(C(C)C)[C@@]34C(=O)O)O[C@H](C)C1. The lowest BCUT2D eigenvalue weighted by molar-refractivity contribution is -0.292. The van der Waals surface area contributed by atoms with Crippen LogP contribution >= 0.6 is 0 Å². The average molecular weight is 472 g/mol. The monoisotopic (exact) mass is 471 g/mol. The van der Waals surface area contributed by atoms with Crippen LogP contribution in [0.2, 0.25) is 0 Å². The Morgan fingerprint density at radius 2 is 2.06 bits per heavy atom. The molecule has 1 N–H and O–H groups in total. The molecule has 1 saturated heterocycles. The lowest BCUT2D eigenvalue weighted by Gasteiger charge is -2.58. The van der Waals surface area contributed by atoms with E-state index >= 15 is 0 Å². The van der Waals surface area contributed by atoms with Crippen LogP contribution in [0.5, 0.6) is 0 Å². The van der Waals surface area contributed by atoms with Crippen molar-refractivity contribution in [1.82, 2.24) is 4.90 Å². The number of carbonyl (C=O) groups excluding carboxylic acids is 1. The van der Waals surface area contributed by atoms with Crippen molar-refractivity contribution in [2.75, 3.05) is 19.6 Å². The van der Waals surface area contributed by atoms with Crippen molar-refractivity contribution in [3.8, 4) is 0 Å². The zero-order chi connectivity index (χ0) is 24.6. The highest BCUT2D eigenvalue weighted by molar-refractivity contribution is 5.91. The summed E-state index contributed by atoms with van der Waals surface area (Å²) in [5, 5.41) is 11.1. The number of nitrogens with zero attached hydrogens (tertiary/aromatic N) is 1. The van der Waals surface area contributed by atoms with Crippen molar-refractivity contribution in [3.63, 3.8) is 0 Å². The van der Waals surface area contributed by atoms with Gasteiger partial charge in [-0.25, -0.2) is 0 Å². The smallest absolute Gasteiger partial charge is 0.317 e. The van der Waals surface area contributed by atoms with Crippen LogP contribution in [-0.2, 0) is 19.1 Å². The molecule has 1 heterocycles. The number of carbonyl (C=O) groups is 2. The van der Waals surface area contributed by atoms with Crippen molar-refractivity contribution < 1.29 is 24.2 Å². The molecule has 9 atom stereocenters. The molecular formula is C28H41NO5. The van der Waals surface area contributed by atoms with E-state index in [0.717, 1.165) is 43.4 Å². The number of aldehydes is 1. The van der Waals surface area contributed by atoms with Crippen LogP contribution in [0.1, 0.15) is 60.3 Å². The Kier molecular flexibility index (Phi) is 5.70. The molecule has 0 aromatic rings. The number of hydrogen-bond donors (Lipinski definition) is 1. The second-order valence-corrected chi connectivity index (χ2v) is 12.4. The van der Waals surface area contributed by atoms with E-state index in [1.807, 2.05) is 13.8 Å². The van der Waals surface area contributed by atoms with E-state index in [1.165, 1.54) is 0 Å². The lowest BCUT2D eigenvalue weighted by atomic mass is 9.45. The predicted molar refractivity (Wildman–Crippen MR) is 129 cm³/mol. The van der Waals surface area contributed by atoms with E-state index in [1.54, 1.807) is 0 Å². The first-order valence-electron chi connectivity index (χ1n) is 13.1. The summed E-state index contributed by atoms with van der Waals surface area (Å²) >= 11 is 0. The highest BCUT2D eigenvalue weighted by Gasteiger charge is 2.85. The third-order valence-corrected chi connectivity index (χ3v) is 9.98. The van der Waals surface area contributed by atoms with E-state index in [4.69, 9.17) is 9.47 Å². The van der Waals surface area contributed by atoms with Gasteiger partial charge in [-0.2, -0.15) is 0 Å². The Bertz CT molecular complexity index is 928. The number of ether oxygens (including phenoxy) is 2. The van der Waals surface area contributed by atoms with Crippen molar-refractivity contribution in [2.24, 2.45) is 40.4 Å². The maximum absolute atomic E-state index is 13.5. The minimum Gasteiger partial charge on any atom is -0.480 e. The summed E-state index contributed by atoms with van der Waals surface area (Å²) in [6.45, 7) is 16.6. The first-order valence-corrected chi connectivity index (χ1v) is 13.1. The second-order valence-electron chi connectivity index (χ2n) is 12.4. The summed E-state index contributed by atoms with van der Waals surface area (Å²) in [6, 6.07) is 0. The molecule has 34 heavy (non-hydrogen) atoms. The third kappa shape index (κ3) is 2.91. The van der Waals surface area contributed by atoms with Gasteiger partial charge >= 0.3 is 5.97 Å². The van der Waals surface area contributed by atoms with Crippen LogP contribution < -0.4 is 0 Å². The minimum absolute atomic E-state index is 0.0237. The molecule has 6 nitrogen and oxygen atoms in total. The van der Waals surface area contributed by atoms with Crippen LogP contribution in [0.15, 0.2) is 23.8 Å². The number of hydrogen-bond acceptors (Lipinski definition) is 5. The number of rotatable bonds is 7. The Balaban J connectivity index is 1.62. The van der Waals surface area contributed by atoms with Gasteiger partial charge in [0.1, 0.15) is 11.7 Å². The van der Waals surface area contributed by atoms with Gasteiger partial charge in [-0.1, -0.05) is 51.0 Å². The summed E-state index contributed by atoms with van der Waals surface area (Å²) in [7, 11) is 0. The fraction of sp³-hybridized carbons (Fsp3) is 0.786. The Labute approximate surface area is 203 Å². The number of morpholine rings is 1. The van der Waals surface area contributed by atoms with E-state index < -0.39 is 28.7 Å². The fourth-order valence-corrected chi connectivity index (χ4v) is 9.12. The molecule has 5 aliphatic rings. The van der Waals surface area contributed by atoms with Crippen LogP contribution in [0, 0.1) is 40.4 Å².